The Morgan fingerprint density at radius 2 is 2.12 bits per heavy atom. The number of anilines is 1. The highest BCUT2D eigenvalue weighted by molar-refractivity contribution is 5.46. The van der Waals surface area contributed by atoms with E-state index in [-0.39, 0.29) is 0 Å². The number of nitrogens with zero attached hydrogens (tertiary/aromatic N) is 1. The molecule has 0 radical (unpaired) electrons. The molecule has 3 nitrogen and oxygen atoms in total. The second kappa shape index (κ2) is 5.92. The van der Waals surface area contributed by atoms with Crippen LogP contribution in [0.1, 0.15) is 12.8 Å². The van der Waals surface area contributed by atoms with Crippen LogP contribution in [0.5, 0.6) is 5.75 Å². The first-order chi connectivity index (χ1) is 8.28. The molecular weight excluding hydrogens is 212 g/mol. The van der Waals surface area contributed by atoms with Crippen LogP contribution in [0.4, 0.5) is 5.69 Å². The molecule has 2 rings (SSSR count). The summed E-state index contributed by atoms with van der Waals surface area (Å²) in [6, 6.07) is 8.14. The molecule has 3 heteroatoms. The number of hydrogen-bond acceptors (Lipinski definition) is 3. The van der Waals surface area contributed by atoms with Crippen LogP contribution in [-0.2, 0) is 0 Å². The Morgan fingerprint density at radius 3 is 2.76 bits per heavy atom. The largest absolute Gasteiger partial charge is 0.497 e. The summed E-state index contributed by atoms with van der Waals surface area (Å²) >= 11 is 0. The molecule has 1 N–H and O–H groups in total. The number of likely N-dealkylation sites (tertiary alicyclic amines) is 1. The van der Waals surface area contributed by atoms with Gasteiger partial charge in [-0.05, 0) is 56.6 Å². The predicted molar refractivity (Wildman–Crippen MR) is 71.7 cm³/mol. The van der Waals surface area contributed by atoms with Crippen molar-refractivity contribution in [3.05, 3.63) is 24.3 Å². The molecule has 0 saturated carbocycles. The van der Waals surface area contributed by atoms with Gasteiger partial charge in [-0.3, -0.25) is 0 Å². The predicted octanol–water partition coefficient (Wildman–Crippen LogP) is 2.45. The van der Waals surface area contributed by atoms with E-state index in [2.05, 4.69) is 29.4 Å². The summed E-state index contributed by atoms with van der Waals surface area (Å²) in [5.41, 5.74) is 1.18. The fourth-order valence-corrected chi connectivity index (χ4v) is 2.41. The first kappa shape index (κ1) is 12.2. The van der Waals surface area contributed by atoms with Crippen molar-refractivity contribution in [2.75, 3.05) is 39.1 Å². The highest BCUT2D eigenvalue weighted by Gasteiger charge is 2.16. The lowest BCUT2D eigenvalue weighted by atomic mass is 9.98. The Hall–Kier alpha value is -1.22. The summed E-state index contributed by atoms with van der Waals surface area (Å²) in [6.45, 7) is 3.53. The quantitative estimate of drug-likeness (QED) is 0.866. The van der Waals surface area contributed by atoms with Crippen LogP contribution in [0.3, 0.4) is 0 Å². The molecule has 1 fully saturated rings. The molecule has 0 spiro atoms. The summed E-state index contributed by atoms with van der Waals surface area (Å²) in [4.78, 5) is 2.42. The smallest absolute Gasteiger partial charge is 0.119 e. The van der Waals surface area contributed by atoms with E-state index in [4.69, 9.17) is 4.74 Å². The number of rotatable bonds is 4. The van der Waals surface area contributed by atoms with E-state index in [1.54, 1.807) is 7.11 Å². The number of piperidine rings is 1. The van der Waals surface area contributed by atoms with Gasteiger partial charge in [-0.1, -0.05) is 0 Å². The van der Waals surface area contributed by atoms with Crippen molar-refractivity contribution in [2.24, 2.45) is 5.92 Å². The standard InChI is InChI=1S/C14H22N2O/c1-16-9-3-4-12(11-16)10-15-13-5-7-14(17-2)8-6-13/h5-8,12,15H,3-4,9-11H2,1-2H3. The van der Waals surface area contributed by atoms with Gasteiger partial charge in [-0.15, -0.1) is 0 Å². The molecule has 1 aromatic carbocycles. The van der Waals surface area contributed by atoms with E-state index in [1.165, 1.54) is 31.6 Å². The van der Waals surface area contributed by atoms with Crippen molar-refractivity contribution in [3.8, 4) is 5.75 Å². The highest BCUT2D eigenvalue weighted by atomic mass is 16.5. The number of hydrogen-bond donors (Lipinski definition) is 1. The number of methoxy groups -OCH3 is 1. The zero-order valence-electron chi connectivity index (χ0n) is 10.8. The average molecular weight is 234 g/mol. The number of nitrogens with one attached hydrogen (secondary N) is 1. The summed E-state index contributed by atoms with van der Waals surface area (Å²) in [5, 5.41) is 3.50. The number of benzene rings is 1. The van der Waals surface area contributed by atoms with E-state index in [0.717, 1.165) is 18.2 Å². The lowest BCUT2D eigenvalue weighted by Crippen LogP contribution is -2.35. The van der Waals surface area contributed by atoms with E-state index in [9.17, 15) is 0 Å². The molecule has 0 bridgehead atoms. The molecule has 1 aliphatic heterocycles. The van der Waals surface area contributed by atoms with Crippen LogP contribution < -0.4 is 10.1 Å². The van der Waals surface area contributed by atoms with E-state index < -0.39 is 0 Å². The topological polar surface area (TPSA) is 24.5 Å². The molecule has 17 heavy (non-hydrogen) atoms. The van der Waals surface area contributed by atoms with Crippen molar-refractivity contribution in [1.29, 1.82) is 0 Å². The van der Waals surface area contributed by atoms with Gasteiger partial charge < -0.3 is 15.0 Å². The van der Waals surface area contributed by atoms with Gasteiger partial charge in [0.1, 0.15) is 5.75 Å². The van der Waals surface area contributed by atoms with Gasteiger partial charge in [-0.2, -0.15) is 0 Å². The minimum Gasteiger partial charge on any atom is -0.497 e. The summed E-state index contributed by atoms with van der Waals surface area (Å²) < 4.78 is 5.14. The van der Waals surface area contributed by atoms with Crippen LogP contribution in [0.25, 0.3) is 0 Å². The Kier molecular flexibility index (Phi) is 4.26. The zero-order chi connectivity index (χ0) is 12.1. The molecule has 1 saturated heterocycles. The maximum absolute atomic E-state index is 5.14. The third-order valence-electron chi connectivity index (χ3n) is 3.41. The monoisotopic (exact) mass is 234 g/mol. The molecule has 0 aliphatic carbocycles. The van der Waals surface area contributed by atoms with Crippen molar-refractivity contribution < 1.29 is 4.74 Å². The van der Waals surface area contributed by atoms with Crippen LogP contribution in [0, 0.1) is 5.92 Å². The van der Waals surface area contributed by atoms with Crippen molar-refractivity contribution in [1.82, 2.24) is 4.90 Å². The summed E-state index contributed by atoms with van der Waals surface area (Å²) in [7, 11) is 3.90. The van der Waals surface area contributed by atoms with Gasteiger partial charge in [0.15, 0.2) is 0 Å². The van der Waals surface area contributed by atoms with Crippen molar-refractivity contribution >= 4 is 5.69 Å². The third-order valence-corrected chi connectivity index (χ3v) is 3.41. The molecule has 1 heterocycles. The molecule has 0 aromatic heterocycles. The first-order valence-corrected chi connectivity index (χ1v) is 6.34. The minimum atomic E-state index is 0.774. The maximum atomic E-state index is 5.14. The molecule has 0 amide bonds. The van der Waals surface area contributed by atoms with Gasteiger partial charge >= 0.3 is 0 Å². The first-order valence-electron chi connectivity index (χ1n) is 6.34. The van der Waals surface area contributed by atoms with Gasteiger partial charge in [-0.25, -0.2) is 0 Å². The Bertz CT molecular complexity index is 337. The fraction of sp³-hybridized carbons (Fsp3) is 0.571. The lowest BCUT2D eigenvalue weighted by Gasteiger charge is -2.29. The Balaban J connectivity index is 1.80. The number of ether oxygens (including phenoxy) is 1. The summed E-state index contributed by atoms with van der Waals surface area (Å²) in [6.07, 6.45) is 2.67. The fourth-order valence-electron chi connectivity index (χ4n) is 2.41. The van der Waals surface area contributed by atoms with Gasteiger partial charge in [0.2, 0.25) is 0 Å². The average Bonchev–Trinajstić information content (AvgIpc) is 2.37. The molecular formula is C14H22N2O. The second-order valence-electron chi connectivity index (χ2n) is 4.88. The van der Waals surface area contributed by atoms with Crippen molar-refractivity contribution in [2.45, 2.75) is 12.8 Å². The third kappa shape index (κ3) is 3.63. The normalized spacial score (nSPS) is 21.2. The van der Waals surface area contributed by atoms with E-state index >= 15 is 0 Å². The van der Waals surface area contributed by atoms with E-state index in [0.29, 0.717) is 0 Å². The lowest BCUT2D eigenvalue weighted by molar-refractivity contribution is 0.217. The molecule has 1 aliphatic rings. The van der Waals surface area contributed by atoms with Gasteiger partial charge in [0, 0.05) is 18.8 Å². The Morgan fingerprint density at radius 1 is 1.35 bits per heavy atom. The minimum absolute atomic E-state index is 0.774. The van der Waals surface area contributed by atoms with Crippen LogP contribution in [-0.4, -0.2) is 38.7 Å². The van der Waals surface area contributed by atoms with E-state index in [1.807, 2.05) is 12.1 Å². The highest BCUT2D eigenvalue weighted by Crippen LogP contribution is 2.18. The Labute approximate surface area is 104 Å². The SMILES string of the molecule is COc1ccc(NCC2CCCN(C)C2)cc1. The summed E-state index contributed by atoms with van der Waals surface area (Å²) in [5.74, 6) is 1.68. The van der Waals surface area contributed by atoms with Gasteiger partial charge in [0.05, 0.1) is 7.11 Å². The molecule has 94 valence electrons. The van der Waals surface area contributed by atoms with Gasteiger partial charge in [0.25, 0.3) is 0 Å². The zero-order valence-corrected chi connectivity index (χ0v) is 10.8. The van der Waals surface area contributed by atoms with Crippen LogP contribution >= 0.6 is 0 Å². The van der Waals surface area contributed by atoms with Crippen LogP contribution in [0.2, 0.25) is 0 Å². The molecule has 1 atom stereocenters. The maximum Gasteiger partial charge on any atom is 0.119 e. The van der Waals surface area contributed by atoms with Crippen LogP contribution in [0.15, 0.2) is 24.3 Å². The van der Waals surface area contributed by atoms with Crippen molar-refractivity contribution in [3.63, 3.8) is 0 Å². The molecule has 1 aromatic rings. The second-order valence-corrected chi connectivity index (χ2v) is 4.88. The molecule has 1 unspecified atom stereocenters.